The number of piperazine rings is 1. The van der Waals surface area contributed by atoms with Gasteiger partial charge in [-0.3, -0.25) is 9.59 Å². The van der Waals surface area contributed by atoms with Crippen LogP contribution in [0.1, 0.15) is 32.6 Å². The molecule has 2 saturated heterocycles. The average Bonchev–Trinajstić information content (AvgIpc) is 3.55. The quantitative estimate of drug-likeness (QED) is 0.747. The first-order chi connectivity index (χ1) is 13.5. The van der Waals surface area contributed by atoms with Crippen molar-refractivity contribution in [3.8, 4) is 5.75 Å². The minimum atomic E-state index is -0.760. The highest BCUT2D eigenvalue weighted by atomic mass is 16.5. The molecule has 2 amide bonds. The standard InChI is InChI=1S/C22H31N3O3/c1-17-6-5-11-25(16-17)21(27)22(9-10-22)20(26)24-14-12-23(13-15-24)18-7-3-4-8-19(18)28-2/h3-4,7-8,17H,5-6,9-16H2,1-2H3. The molecular formula is C22H31N3O3. The Balaban J connectivity index is 1.39. The number of para-hydroxylation sites is 2. The molecule has 0 spiro atoms. The summed E-state index contributed by atoms with van der Waals surface area (Å²) >= 11 is 0. The van der Waals surface area contributed by atoms with Crippen molar-refractivity contribution in [1.29, 1.82) is 0 Å². The Morgan fingerprint density at radius 2 is 1.68 bits per heavy atom. The van der Waals surface area contributed by atoms with E-state index in [-0.39, 0.29) is 11.8 Å². The number of rotatable bonds is 4. The molecule has 6 nitrogen and oxygen atoms in total. The third kappa shape index (κ3) is 3.45. The number of hydrogen-bond donors (Lipinski definition) is 0. The van der Waals surface area contributed by atoms with Crippen LogP contribution in [-0.2, 0) is 9.59 Å². The first-order valence-electron chi connectivity index (χ1n) is 10.5. The van der Waals surface area contributed by atoms with Gasteiger partial charge in [-0.2, -0.15) is 0 Å². The van der Waals surface area contributed by atoms with Gasteiger partial charge in [-0.25, -0.2) is 0 Å². The lowest BCUT2D eigenvalue weighted by Crippen LogP contribution is -2.54. The van der Waals surface area contributed by atoms with E-state index < -0.39 is 5.41 Å². The van der Waals surface area contributed by atoms with Crippen molar-refractivity contribution >= 4 is 17.5 Å². The minimum absolute atomic E-state index is 0.0513. The summed E-state index contributed by atoms with van der Waals surface area (Å²) in [5, 5.41) is 0. The van der Waals surface area contributed by atoms with Crippen LogP contribution in [0.25, 0.3) is 0 Å². The molecule has 152 valence electrons. The Morgan fingerprint density at radius 1 is 1.00 bits per heavy atom. The largest absolute Gasteiger partial charge is 0.495 e. The fourth-order valence-electron chi connectivity index (χ4n) is 4.66. The molecule has 28 heavy (non-hydrogen) atoms. The number of nitrogens with zero attached hydrogens (tertiary/aromatic N) is 3. The summed E-state index contributed by atoms with van der Waals surface area (Å²) in [6.07, 6.45) is 3.65. The molecule has 1 unspecified atom stereocenters. The van der Waals surface area contributed by atoms with Crippen molar-refractivity contribution in [2.75, 3.05) is 51.3 Å². The van der Waals surface area contributed by atoms with Crippen molar-refractivity contribution in [2.45, 2.75) is 32.6 Å². The van der Waals surface area contributed by atoms with Crippen LogP contribution in [-0.4, -0.2) is 68.0 Å². The van der Waals surface area contributed by atoms with Crippen molar-refractivity contribution in [2.24, 2.45) is 11.3 Å². The smallest absolute Gasteiger partial charge is 0.238 e. The van der Waals surface area contributed by atoms with E-state index in [1.54, 1.807) is 7.11 Å². The van der Waals surface area contributed by atoms with Crippen molar-refractivity contribution < 1.29 is 14.3 Å². The van der Waals surface area contributed by atoms with Crippen molar-refractivity contribution in [3.63, 3.8) is 0 Å². The van der Waals surface area contributed by atoms with Crippen LogP contribution >= 0.6 is 0 Å². The van der Waals surface area contributed by atoms with Gasteiger partial charge in [-0.1, -0.05) is 19.1 Å². The molecule has 0 bridgehead atoms. The molecule has 2 aliphatic heterocycles. The van der Waals surface area contributed by atoms with Gasteiger partial charge >= 0.3 is 0 Å². The molecule has 2 heterocycles. The van der Waals surface area contributed by atoms with Gasteiger partial charge in [0, 0.05) is 39.3 Å². The Kier molecular flexibility index (Phi) is 5.21. The molecule has 1 aromatic carbocycles. The summed E-state index contributed by atoms with van der Waals surface area (Å²) in [7, 11) is 1.68. The molecule has 1 atom stereocenters. The first-order valence-corrected chi connectivity index (χ1v) is 10.5. The van der Waals surface area contributed by atoms with Gasteiger partial charge < -0.3 is 19.4 Å². The van der Waals surface area contributed by atoms with E-state index in [1.165, 1.54) is 6.42 Å². The number of carbonyl (C=O) groups is 2. The molecule has 4 rings (SSSR count). The number of anilines is 1. The lowest BCUT2D eigenvalue weighted by molar-refractivity contribution is -0.150. The van der Waals surface area contributed by atoms with Gasteiger partial charge in [0.25, 0.3) is 0 Å². The summed E-state index contributed by atoms with van der Waals surface area (Å²) in [6.45, 7) is 6.63. The lowest BCUT2D eigenvalue weighted by Gasteiger charge is -2.39. The highest BCUT2D eigenvalue weighted by molar-refractivity contribution is 6.08. The molecule has 0 radical (unpaired) electrons. The second kappa shape index (κ2) is 7.64. The van der Waals surface area contributed by atoms with Crippen molar-refractivity contribution in [3.05, 3.63) is 24.3 Å². The van der Waals surface area contributed by atoms with E-state index in [0.717, 1.165) is 44.0 Å². The number of likely N-dealkylation sites (tertiary alicyclic amines) is 1. The van der Waals surface area contributed by atoms with Gasteiger partial charge in [0.15, 0.2) is 0 Å². The second-order valence-electron chi connectivity index (χ2n) is 8.53. The SMILES string of the molecule is COc1ccccc1N1CCN(C(=O)C2(C(=O)N3CCCC(C)C3)CC2)CC1. The highest BCUT2D eigenvalue weighted by Crippen LogP contribution is 2.49. The summed E-state index contributed by atoms with van der Waals surface area (Å²) in [5.41, 5.74) is 0.306. The maximum Gasteiger partial charge on any atom is 0.238 e. The van der Waals surface area contributed by atoms with Gasteiger partial charge in [0.2, 0.25) is 11.8 Å². The molecule has 1 aliphatic carbocycles. The van der Waals surface area contributed by atoms with E-state index in [4.69, 9.17) is 4.74 Å². The topological polar surface area (TPSA) is 53.1 Å². The Labute approximate surface area is 167 Å². The van der Waals surface area contributed by atoms with Gasteiger partial charge in [-0.05, 0) is 43.7 Å². The molecule has 6 heteroatoms. The summed E-state index contributed by atoms with van der Waals surface area (Å²) in [6, 6.07) is 7.99. The predicted octanol–water partition coefficient (Wildman–Crippen LogP) is 2.38. The molecule has 1 saturated carbocycles. The molecule has 0 N–H and O–H groups in total. The van der Waals surface area contributed by atoms with Crippen LogP contribution in [0.4, 0.5) is 5.69 Å². The number of ether oxygens (including phenoxy) is 1. The van der Waals surface area contributed by atoms with Gasteiger partial charge in [0.1, 0.15) is 11.2 Å². The number of benzene rings is 1. The van der Waals surface area contributed by atoms with Crippen LogP contribution < -0.4 is 9.64 Å². The van der Waals surface area contributed by atoms with Crippen LogP contribution in [0.5, 0.6) is 5.75 Å². The zero-order valence-electron chi connectivity index (χ0n) is 17.0. The third-order valence-corrected chi connectivity index (χ3v) is 6.51. The first kappa shape index (κ1) is 19.1. The second-order valence-corrected chi connectivity index (χ2v) is 8.53. The molecule has 1 aromatic rings. The monoisotopic (exact) mass is 385 g/mol. The van der Waals surface area contributed by atoms with Crippen LogP contribution in [0.2, 0.25) is 0 Å². The van der Waals surface area contributed by atoms with Gasteiger partial charge in [0.05, 0.1) is 12.8 Å². The minimum Gasteiger partial charge on any atom is -0.495 e. The number of piperidine rings is 1. The molecule has 3 fully saturated rings. The average molecular weight is 386 g/mol. The van der Waals surface area contributed by atoms with E-state index >= 15 is 0 Å². The van der Waals surface area contributed by atoms with E-state index in [1.807, 2.05) is 28.0 Å². The fraction of sp³-hybridized carbons (Fsp3) is 0.636. The number of amides is 2. The maximum absolute atomic E-state index is 13.2. The summed E-state index contributed by atoms with van der Waals surface area (Å²) in [5.74, 6) is 1.52. The van der Waals surface area contributed by atoms with Crippen LogP contribution in [0, 0.1) is 11.3 Å². The zero-order chi connectivity index (χ0) is 19.7. The number of methoxy groups -OCH3 is 1. The lowest BCUT2D eigenvalue weighted by atomic mass is 9.96. The van der Waals surface area contributed by atoms with E-state index in [0.29, 0.717) is 31.8 Å². The van der Waals surface area contributed by atoms with Crippen LogP contribution in [0.3, 0.4) is 0 Å². The number of hydrogen-bond acceptors (Lipinski definition) is 4. The molecule has 3 aliphatic rings. The zero-order valence-corrected chi connectivity index (χ0v) is 17.0. The predicted molar refractivity (Wildman–Crippen MR) is 108 cm³/mol. The summed E-state index contributed by atoms with van der Waals surface area (Å²) in [4.78, 5) is 32.5. The van der Waals surface area contributed by atoms with E-state index in [9.17, 15) is 9.59 Å². The maximum atomic E-state index is 13.2. The highest BCUT2D eigenvalue weighted by Gasteiger charge is 2.59. The third-order valence-electron chi connectivity index (χ3n) is 6.51. The Hall–Kier alpha value is -2.24. The molecular weight excluding hydrogens is 354 g/mol. The van der Waals surface area contributed by atoms with Crippen molar-refractivity contribution in [1.82, 2.24) is 9.80 Å². The van der Waals surface area contributed by atoms with E-state index in [2.05, 4.69) is 17.9 Å². The summed E-state index contributed by atoms with van der Waals surface area (Å²) < 4.78 is 5.47. The Morgan fingerprint density at radius 3 is 2.32 bits per heavy atom. The van der Waals surface area contributed by atoms with Gasteiger partial charge in [-0.15, -0.1) is 0 Å². The number of carbonyl (C=O) groups excluding carboxylic acids is 2. The Bertz CT molecular complexity index is 738. The van der Waals surface area contributed by atoms with Crippen LogP contribution in [0.15, 0.2) is 24.3 Å². The molecule has 0 aromatic heterocycles. The fourth-order valence-corrected chi connectivity index (χ4v) is 4.66. The normalized spacial score (nSPS) is 24.1.